The summed E-state index contributed by atoms with van der Waals surface area (Å²) in [4.78, 5) is 29.0. The van der Waals surface area contributed by atoms with E-state index < -0.39 is 0 Å². The Hall–Kier alpha value is -1.99. The Balaban J connectivity index is 1.35. The van der Waals surface area contributed by atoms with E-state index in [0.29, 0.717) is 18.2 Å². The van der Waals surface area contributed by atoms with Crippen LogP contribution in [0.1, 0.15) is 39.0 Å². The van der Waals surface area contributed by atoms with Crippen LogP contribution < -0.4 is 10.6 Å². The normalized spacial score (nSPS) is 20.2. The standard InChI is InChI=1S/C22H33FN4O2/c1-17(22(29)24-15-18-5-3-2-4-6-18)27-13-11-26(12-14-27)16-21(28)25-20-9-7-19(23)8-10-20/h7-10,17-18H,2-6,11-16H2,1H3,(H,24,29)(H,25,28)/t17-/m1/s1. The van der Waals surface area contributed by atoms with Gasteiger partial charge in [0, 0.05) is 38.4 Å². The van der Waals surface area contributed by atoms with Crippen molar-refractivity contribution in [1.29, 1.82) is 0 Å². The van der Waals surface area contributed by atoms with E-state index in [1.54, 1.807) is 12.1 Å². The summed E-state index contributed by atoms with van der Waals surface area (Å²) >= 11 is 0. The number of carbonyl (C=O) groups excluding carboxylic acids is 2. The summed E-state index contributed by atoms with van der Waals surface area (Å²) in [6.45, 7) is 6.09. The van der Waals surface area contributed by atoms with E-state index in [1.165, 1.54) is 44.2 Å². The number of halogens is 1. The molecule has 0 radical (unpaired) electrons. The molecule has 0 aromatic heterocycles. The average molecular weight is 405 g/mol. The van der Waals surface area contributed by atoms with Gasteiger partial charge in [0.2, 0.25) is 11.8 Å². The first-order chi connectivity index (χ1) is 14.0. The fourth-order valence-corrected chi connectivity index (χ4v) is 4.20. The predicted molar refractivity (Wildman–Crippen MR) is 112 cm³/mol. The molecule has 160 valence electrons. The van der Waals surface area contributed by atoms with Crippen molar-refractivity contribution in [1.82, 2.24) is 15.1 Å². The predicted octanol–water partition coefficient (Wildman–Crippen LogP) is 2.47. The molecule has 2 aliphatic rings. The maximum atomic E-state index is 12.9. The maximum absolute atomic E-state index is 12.9. The van der Waals surface area contributed by atoms with Gasteiger partial charge in [0.15, 0.2) is 0 Å². The minimum atomic E-state index is -0.323. The molecule has 2 N–H and O–H groups in total. The minimum absolute atomic E-state index is 0.108. The smallest absolute Gasteiger partial charge is 0.238 e. The van der Waals surface area contributed by atoms with Gasteiger partial charge in [-0.3, -0.25) is 19.4 Å². The first-order valence-corrected chi connectivity index (χ1v) is 10.8. The van der Waals surface area contributed by atoms with Gasteiger partial charge in [-0.15, -0.1) is 0 Å². The third-order valence-electron chi connectivity index (χ3n) is 6.12. The molecule has 2 fully saturated rings. The summed E-state index contributed by atoms with van der Waals surface area (Å²) in [5.74, 6) is 0.314. The summed E-state index contributed by atoms with van der Waals surface area (Å²) in [6.07, 6.45) is 6.35. The van der Waals surface area contributed by atoms with Crippen molar-refractivity contribution >= 4 is 17.5 Å². The number of rotatable bonds is 7. The summed E-state index contributed by atoms with van der Waals surface area (Å²) in [5.41, 5.74) is 0.596. The zero-order chi connectivity index (χ0) is 20.6. The molecule has 1 atom stereocenters. The summed E-state index contributed by atoms with van der Waals surface area (Å²) in [5, 5.41) is 5.93. The van der Waals surface area contributed by atoms with Gasteiger partial charge in [-0.25, -0.2) is 4.39 Å². The van der Waals surface area contributed by atoms with Crippen molar-refractivity contribution in [2.45, 2.75) is 45.1 Å². The maximum Gasteiger partial charge on any atom is 0.238 e. The van der Waals surface area contributed by atoms with Crippen LogP contribution in [0, 0.1) is 11.7 Å². The molecule has 0 unspecified atom stereocenters. The number of anilines is 1. The molecule has 1 aliphatic heterocycles. The van der Waals surface area contributed by atoms with Crippen molar-refractivity contribution in [3.05, 3.63) is 30.1 Å². The number of amides is 2. The Morgan fingerprint density at radius 2 is 1.72 bits per heavy atom. The molecular weight excluding hydrogens is 371 g/mol. The summed E-state index contributed by atoms with van der Waals surface area (Å²) < 4.78 is 12.9. The third kappa shape index (κ3) is 6.78. The highest BCUT2D eigenvalue weighted by atomic mass is 19.1. The third-order valence-corrected chi connectivity index (χ3v) is 6.12. The summed E-state index contributed by atoms with van der Waals surface area (Å²) in [6, 6.07) is 5.62. The van der Waals surface area contributed by atoms with E-state index >= 15 is 0 Å². The quantitative estimate of drug-likeness (QED) is 0.733. The summed E-state index contributed by atoms with van der Waals surface area (Å²) in [7, 11) is 0. The second-order valence-electron chi connectivity index (χ2n) is 8.29. The lowest BCUT2D eigenvalue weighted by Crippen LogP contribution is -2.55. The number of hydrogen-bond donors (Lipinski definition) is 2. The van der Waals surface area contributed by atoms with Crippen molar-refractivity contribution < 1.29 is 14.0 Å². The number of nitrogens with zero attached hydrogens (tertiary/aromatic N) is 2. The van der Waals surface area contributed by atoms with Crippen LogP contribution in [0.5, 0.6) is 0 Å². The molecule has 2 amide bonds. The van der Waals surface area contributed by atoms with Gasteiger partial charge in [0.25, 0.3) is 0 Å². The zero-order valence-electron chi connectivity index (χ0n) is 17.3. The lowest BCUT2D eigenvalue weighted by Gasteiger charge is -2.37. The van der Waals surface area contributed by atoms with Gasteiger partial charge >= 0.3 is 0 Å². The number of benzene rings is 1. The van der Waals surface area contributed by atoms with Gasteiger partial charge in [-0.1, -0.05) is 19.3 Å². The molecule has 1 aliphatic carbocycles. The molecule has 7 heteroatoms. The SMILES string of the molecule is C[C@H](C(=O)NCC1CCCCC1)N1CCN(CC(=O)Nc2ccc(F)cc2)CC1. The Labute approximate surface area is 172 Å². The zero-order valence-corrected chi connectivity index (χ0v) is 17.3. The van der Waals surface area contributed by atoms with Crippen LogP contribution in [0.15, 0.2) is 24.3 Å². The topological polar surface area (TPSA) is 64.7 Å². The van der Waals surface area contributed by atoms with Gasteiger partial charge < -0.3 is 10.6 Å². The van der Waals surface area contributed by atoms with Gasteiger partial charge in [-0.2, -0.15) is 0 Å². The Bertz CT molecular complexity index is 668. The van der Waals surface area contributed by atoms with E-state index in [0.717, 1.165) is 32.7 Å². The lowest BCUT2D eigenvalue weighted by atomic mass is 9.89. The average Bonchev–Trinajstić information content (AvgIpc) is 2.74. The largest absolute Gasteiger partial charge is 0.354 e. The molecule has 0 bridgehead atoms. The van der Waals surface area contributed by atoms with Crippen LogP contribution in [0.3, 0.4) is 0 Å². The molecule has 1 saturated heterocycles. The molecule has 0 spiro atoms. The molecule has 1 aromatic rings. The number of piperazine rings is 1. The highest BCUT2D eigenvalue weighted by Gasteiger charge is 2.26. The Morgan fingerprint density at radius 1 is 1.07 bits per heavy atom. The van der Waals surface area contributed by atoms with Gasteiger partial charge in [-0.05, 0) is 49.9 Å². The minimum Gasteiger partial charge on any atom is -0.354 e. The molecule has 3 rings (SSSR count). The van der Waals surface area contributed by atoms with E-state index in [-0.39, 0.29) is 23.7 Å². The van der Waals surface area contributed by atoms with Crippen LogP contribution in [-0.4, -0.2) is 66.9 Å². The van der Waals surface area contributed by atoms with Crippen molar-refractivity contribution in [3.8, 4) is 0 Å². The van der Waals surface area contributed by atoms with Crippen molar-refractivity contribution in [3.63, 3.8) is 0 Å². The van der Waals surface area contributed by atoms with Crippen molar-refractivity contribution in [2.24, 2.45) is 5.92 Å². The fraction of sp³-hybridized carbons (Fsp3) is 0.636. The lowest BCUT2D eigenvalue weighted by molar-refractivity contribution is -0.127. The first-order valence-electron chi connectivity index (χ1n) is 10.8. The van der Waals surface area contributed by atoms with Crippen LogP contribution in [-0.2, 0) is 9.59 Å². The molecule has 1 aromatic carbocycles. The van der Waals surface area contributed by atoms with E-state index in [2.05, 4.69) is 20.4 Å². The molecule has 6 nitrogen and oxygen atoms in total. The van der Waals surface area contributed by atoms with Crippen LogP contribution in [0.25, 0.3) is 0 Å². The second-order valence-corrected chi connectivity index (χ2v) is 8.29. The van der Waals surface area contributed by atoms with E-state index in [1.807, 2.05) is 6.92 Å². The molecule has 29 heavy (non-hydrogen) atoms. The molecular formula is C22H33FN4O2. The van der Waals surface area contributed by atoms with Gasteiger partial charge in [0.1, 0.15) is 5.82 Å². The second kappa shape index (κ2) is 10.7. The Morgan fingerprint density at radius 3 is 2.38 bits per heavy atom. The highest BCUT2D eigenvalue weighted by molar-refractivity contribution is 5.92. The van der Waals surface area contributed by atoms with Crippen LogP contribution >= 0.6 is 0 Å². The van der Waals surface area contributed by atoms with Crippen molar-refractivity contribution in [2.75, 3.05) is 44.6 Å². The number of carbonyl (C=O) groups is 2. The monoisotopic (exact) mass is 404 g/mol. The molecule has 1 saturated carbocycles. The Kier molecular flexibility index (Phi) is 8.00. The van der Waals surface area contributed by atoms with Crippen LogP contribution in [0.2, 0.25) is 0 Å². The fourth-order valence-electron chi connectivity index (χ4n) is 4.20. The van der Waals surface area contributed by atoms with E-state index in [4.69, 9.17) is 0 Å². The molecule has 1 heterocycles. The first kappa shape index (κ1) is 21.7. The van der Waals surface area contributed by atoms with E-state index in [9.17, 15) is 14.0 Å². The van der Waals surface area contributed by atoms with Crippen LogP contribution in [0.4, 0.5) is 10.1 Å². The number of nitrogens with one attached hydrogen (secondary N) is 2. The van der Waals surface area contributed by atoms with Gasteiger partial charge in [0.05, 0.1) is 12.6 Å². The number of hydrogen-bond acceptors (Lipinski definition) is 4. The highest BCUT2D eigenvalue weighted by Crippen LogP contribution is 2.22.